The van der Waals surface area contributed by atoms with Crippen LogP contribution >= 0.6 is 0 Å². The summed E-state index contributed by atoms with van der Waals surface area (Å²) in [7, 11) is 1.58. The molecule has 0 amide bonds. The number of ether oxygens (including phenoxy) is 4. The Morgan fingerprint density at radius 3 is 2.30 bits per heavy atom. The predicted octanol–water partition coefficient (Wildman–Crippen LogP) is 5.62. The second kappa shape index (κ2) is 12.5. The molecule has 0 radical (unpaired) electrons. The van der Waals surface area contributed by atoms with Crippen LogP contribution < -0.4 is 14.2 Å². The summed E-state index contributed by atoms with van der Waals surface area (Å²) < 4.78 is 22.6. The Hall–Kier alpha value is -2.73. The Labute approximate surface area is 196 Å². The molecule has 0 spiro atoms. The van der Waals surface area contributed by atoms with E-state index in [1.165, 1.54) is 37.7 Å². The number of carbonyl (C=O) groups is 1. The lowest BCUT2D eigenvalue weighted by molar-refractivity contribution is -0.153. The third kappa shape index (κ3) is 7.67. The molecule has 1 atom stereocenters. The molecule has 1 aliphatic carbocycles. The van der Waals surface area contributed by atoms with Crippen LogP contribution in [0.3, 0.4) is 0 Å². The minimum absolute atomic E-state index is 0.172. The quantitative estimate of drug-likeness (QED) is 0.418. The van der Waals surface area contributed by atoms with E-state index in [1.54, 1.807) is 19.2 Å². The van der Waals surface area contributed by atoms with Gasteiger partial charge in [-0.2, -0.15) is 0 Å². The van der Waals surface area contributed by atoms with Gasteiger partial charge in [0.15, 0.2) is 17.6 Å². The van der Waals surface area contributed by atoms with Crippen LogP contribution in [0.4, 0.5) is 0 Å². The average molecular weight is 457 g/mol. The van der Waals surface area contributed by atoms with Crippen molar-refractivity contribution in [1.82, 2.24) is 0 Å². The van der Waals surface area contributed by atoms with E-state index in [2.05, 4.69) is 12.1 Å². The molecule has 3 rings (SSSR count). The monoisotopic (exact) mass is 456 g/mol. The summed E-state index contributed by atoms with van der Waals surface area (Å²) in [6.07, 6.45) is 5.74. The standard InChI is InChI=1S/C27H36O6/c1-19(2)33-26(27(28)29)18-20-9-14-24(30-3)25(17-20)32-16-15-31-23-12-10-22(11-13-23)21-7-5-4-6-8-21/h9-14,17,19,21,26H,4-8,15-16,18H2,1-3H3,(H,28,29). The van der Waals surface area contributed by atoms with Crippen molar-refractivity contribution in [3.63, 3.8) is 0 Å². The van der Waals surface area contributed by atoms with Crippen molar-refractivity contribution in [3.05, 3.63) is 53.6 Å². The lowest BCUT2D eigenvalue weighted by atomic mass is 9.84. The van der Waals surface area contributed by atoms with Crippen LogP contribution in [0.15, 0.2) is 42.5 Å². The summed E-state index contributed by atoms with van der Waals surface area (Å²) in [5, 5.41) is 9.43. The third-order valence-electron chi connectivity index (χ3n) is 5.93. The maximum atomic E-state index is 11.5. The molecular weight excluding hydrogens is 420 g/mol. The predicted molar refractivity (Wildman–Crippen MR) is 128 cm³/mol. The molecule has 1 N–H and O–H groups in total. The van der Waals surface area contributed by atoms with Crippen LogP contribution in [0, 0.1) is 0 Å². The second-order valence-corrected chi connectivity index (χ2v) is 8.80. The molecule has 0 aliphatic heterocycles. The highest BCUT2D eigenvalue weighted by atomic mass is 16.5. The minimum Gasteiger partial charge on any atom is -0.493 e. The van der Waals surface area contributed by atoms with Gasteiger partial charge in [0.05, 0.1) is 13.2 Å². The largest absolute Gasteiger partial charge is 0.493 e. The highest BCUT2D eigenvalue weighted by molar-refractivity contribution is 5.72. The van der Waals surface area contributed by atoms with Gasteiger partial charge >= 0.3 is 5.97 Å². The van der Waals surface area contributed by atoms with Crippen LogP contribution in [0.5, 0.6) is 17.2 Å². The van der Waals surface area contributed by atoms with Crippen LogP contribution in [0.2, 0.25) is 0 Å². The highest BCUT2D eigenvalue weighted by Crippen LogP contribution is 2.33. The molecule has 180 valence electrons. The Morgan fingerprint density at radius 2 is 1.67 bits per heavy atom. The van der Waals surface area contributed by atoms with Gasteiger partial charge in [0, 0.05) is 6.42 Å². The van der Waals surface area contributed by atoms with E-state index in [1.807, 2.05) is 32.0 Å². The molecule has 6 heteroatoms. The van der Waals surface area contributed by atoms with Gasteiger partial charge in [-0.1, -0.05) is 37.5 Å². The van der Waals surface area contributed by atoms with Gasteiger partial charge in [0.25, 0.3) is 0 Å². The summed E-state index contributed by atoms with van der Waals surface area (Å²) in [6.45, 7) is 4.38. The SMILES string of the molecule is COc1ccc(CC(OC(C)C)C(=O)O)cc1OCCOc1ccc(C2CCCCC2)cc1. The zero-order valence-electron chi connectivity index (χ0n) is 19.9. The van der Waals surface area contributed by atoms with Crippen molar-refractivity contribution in [3.8, 4) is 17.2 Å². The normalized spacial score (nSPS) is 15.3. The Balaban J connectivity index is 1.52. The topological polar surface area (TPSA) is 74.2 Å². The smallest absolute Gasteiger partial charge is 0.333 e. The van der Waals surface area contributed by atoms with Crippen molar-refractivity contribution in [2.75, 3.05) is 20.3 Å². The zero-order chi connectivity index (χ0) is 23.6. The Bertz CT molecular complexity index is 871. The molecular formula is C27H36O6. The van der Waals surface area contributed by atoms with Crippen molar-refractivity contribution in [2.45, 2.75) is 70.5 Å². The molecule has 0 heterocycles. The molecule has 1 saturated carbocycles. The maximum Gasteiger partial charge on any atom is 0.333 e. The zero-order valence-corrected chi connectivity index (χ0v) is 19.9. The number of rotatable bonds is 12. The van der Waals surface area contributed by atoms with Crippen molar-refractivity contribution >= 4 is 5.97 Å². The first-order valence-electron chi connectivity index (χ1n) is 11.9. The van der Waals surface area contributed by atoms with E-state index in [0.717, 1.165) is 11.3 Å². The summed E-state index contributed by atoms with van der Waals surface area (Å²) in [5.74, 6) is 1.67. The molecule has 1 aliphatic rings. The average Bonchev–Trinajstić information content (AvgIpc) is 2.82. The highest BCUT2D eigenvalue weighted by Gasteiger charge is 2.21. The number of hydrogen-bond acceptors (Lipinski definition) is 5. The van der Waals surface area contributed by atoms with Crippen LogP contribution in [0.1, 0.15) is 63.0 Å². The first-order chi connectivity index (χ1) is 16.0. The Kier molecular flexibility index (Phi) is 9.43. The number of carboxylic acids is 1. The molecule has 0 bridgehead atoms. The van der Waals surface area contributed by atoms with Gasteiger partial charge in [0.2, 0.25) is 0 Å². The van der Waals surface area contributed by atoms with Crippen LogP contribution in [0.25, 0.3) is 0 Å². The molecule has 2 aromatic carbocycles. The van der Waals surface area contributed by atoms with Gasteiger partial charge in [-0.3, -0.25) is 0 Å². The first kappa shape index (κ1) is 24.9. The molecule has 33 heavy (non-hydrogen) atoms. The molecule has 2 aromatic rings. The van der Waals surface area contributed by atoms with Gasteiger partial charge in [-0.15, -0.1) is 0 Å². The van der Waals surface area contributed by atoms with E-state index >= 15 is 0 Å². The summed E-state index contributed by atoms with van der Waals surface area (Å²) in [5.41, 5.74) is 2.21. The first-order valence-corrected chi connectivity index (χ1v) is 11.9. The van der Waals surface area contributed by atoms with Gasteiger partial charge in [-0.05, 0) is 68.0 Å². The van der Waals surface area contributed by atoms with Crippen molar-refractivity contribution in [2.24, 2.45) is 0 Å². The van der Waals surface area contributed by atoms with E-state index in [0.29, 0.717) is 30.6 Å². The summed E-state index contributed by atoms with van der Waals surface area (Å²) >= 11 is 0. The number of aliphatic carboxylic acids is 1. The van der Waals surface area contributed by atoms with E-state index in [4.69, 9.17) is 18.9 Å². The van der Waals surface area contributed by atoms with Gasteiger partial charge in [-0.25, -0.2) is 4.79 Å². The van der Waals surface area contributed by atoms with E-state index in [-0.39, 0.29) is 12.5 Å². The lowest BCUT2D eigenvalue weighted by Gasteiger charge is -2.22. The lowest BCUT2D eigenvalue weighted by Crippen LogP contribution is -2.29. The van der Waals surface area contributed by atoms with Crippen molar-refractivity contribution < 1.29 is 28.8 Å². The summed E-state index contributed by atoms with van der Waals surface area (Å²) in [4.78, 5) is 11.5. The minimum atomic E-state index is -0.982. The van der Waals surface area contributed by atoms with Crippen molar-refractivity contribution in [1.29, 1.82) is 0 Å². The number of methoxy groups -OCH3 is 1. The molecule has 0 aromatic heterocycles. The fraction of sp³-hybridized carbons (Fsp3) is 0.519. The number of hydrogen-bond donors (Lipinski definition) is 1. The number of benzene rings is 2. The Morgan fingerprint density at radius 1 is 0.970 bits per heavy atom. The molecule has 0 saturated heterocycles. The van der Waals surface area contributed by atoms with E-state index < -0.39 is 12.1 Å². The molecule has 6 nitrogen and oxygen atoms in total. The van der Waals surface area contributed by atoms with Crippen LogP contribution in [-0.2, 0) is 16.0 Å². The molecule has 1 unspecified atom stereocenters. The van der Waals surface area contributed by atoms with Gasteiger partial charge in [0.1, 0.15) is 19.0 Å². The van der Waals surface area contributed by atoms with Crippen LogP contribution in [-0.4, -0.2) is 43.6 Å². The fourth-order valence-electron chi connectivity index (χ4n) is 4.28. The summed E-state index contributed by atoms with van der Waals surface area (Å²) in [6, 6.07) is 13.8. The third-order valence-corrected chi connectivity index (χ3v) is 5.93. The van der Waals surface area contributed by atoms with Gasteiger partial charge < -0.3 is 24.1 Å². The van der Waals surface area contributed by atoms with E-state index in [9.17, 15) is 9.90 Å². The number of carboxylic acid groups (broad SMARTS) is 1. The molecule has 1 fully saturated rings. The fourth-order valence-corrected chi connectivity index (χ4v) is 4.28. The maximum absolute atomic E-state index is 11.5. The second-order valence-electron chi connectivity index (χ2n) is 8.80.